The van der Waals surface area contributed by atoms with Crippen molar-refractivity contribution in [1.29, 1.82) is 0 Å². The Morgan fingerprint density at radius 1 is 1.11 bits per heavy atom. The Morgan fingerprint density at radius 2 is 1.84 bits per heavy atom. The zero-order chi connectivity index (χ0) is 13.4. The zero-order valence-corrected chi connectivity index (χ0v) is 11.4. The maximum atomic E-state index is 13.6. The molecule has 5 heteroatoms. The molecule has 0 saturated heterocycles. The van der Waals surface area contributed by atoms with E-state index in [0.717, 1.165) is 10.0 Å². The zero-order valence-electron chi connectivity index (χ0n) is 9.78. The number of hydrogen-bond acceptors (Lipinski definition) is 2. The first-order chi connectivity index (χ1) is 9.15. The number of benzene rings is 2. The van der Waals surface area contributed by atoms with Crippen molar-refractivity contribution in [2.75, 3.05) is 10.6 Å². The Morgan fingerprint density at radius 3 is 2.58 bits per heavy atom. The first kappa shape index (κ1) is 12.2. The van der Waals surface area contributed by atoms with E-state index in [1.54, 1.807) is 12.1 Å². The predicted molar refractivity (Wildman–Crippen MR) is 75.5 cm³/mol. The number of para-hydroxylation sites is 1. The fourth-order valence-corrected chi connectivity index (χ4v) is 2.34. The Labute approximate surface area is 118 Å². The Hall–Kier alpha value is -1.88. The van der Waals surface area contributed by atoms with Crippen molar-refractivity contribution in [3.8, 4) is 0 Å². The van der Waals surface area contributed by atoms with E-state index < -0.39 is 11.9 Å². The molecule has 0 bridgehead atoms. The molecule has 1 amide bonds. The molecule has 1 aliphatic rings. The molecule has 19 heavy (non-hydrogen) atoms. The van der Waals surface area contributed by atoms with Crippen LogP contribution in [0, 0.1) is 5.82 Å². The van der Waals surface area contributed by atoms with Gasteiger partial charge in [0.25, 0.3) is 5.91 Å². The molecule has 3 rings (SSSR count). The van der Waals surface area contributed by atoms with Gasteiger partial charge in [0.15, 0.2) is 0 Å². The second-order valence-electron chi connectivity index (χ2n) is 4.28. The quantitative estimate of drug-likeness (QED) is 0.841. The molecule has 1 aliphatic heterocycles. The van der Waals surface area contributed by atoms with Crippen LogP contribution in [0.2, 0.25) is 0 Å². The van der Waals surface area contributed by atoms with Crippen molar-refractivity contribution < 1.29 is 9.18 Å². The lowest BCUT2D eigenvalue weighted by atomic mass is 10.0. The van der Waals surface area contributed by atoms with E-state index in [4.69, 9.17) is 0 Å². The maximum absolute atomic E-state index is 13.6. The second-order valence-corrected chi connectivity index (χ2v) is 5.20. The molecule has 2 aromatic carbocycles. The third kappa shape index (κ3) is 2.21. The first-order valence-corrected chi connectivity index (χ1v) is 6.56. The van der Waals surface area contributed by atoms with E-state index in [0.29, 0.717) is 5.69 Å². The van der Waals surface area contributed by atoms with E-state index in [-0.39, 0.29) is 11.6 Å². The minimum Gasteiger partial charge on any atom is -0.368 e. The molecular weight excluding hydrogens is 311 g/mol. The average Bonchev–Trinajstić information content (AvgIpc) is 2.40. The monoisotopic (exact) mass is 320 g/mol. The average molecular weight is 321 g/mol. The first-order valence-electron chi connectivity index (χ1n) is 5.76. The van der Waals surface area contributed by atoms with E-state index >= 15 is 0 Å². The number of rotatable bonds is 1. The summed E-state index contributed by atoms with van der Waals surface area (Å²) >= 11 is 3.35. The molecule has 3 nitrogen and oxygen atoms in total. The van der Waals surface area contributed by atoms with Gasteiger partial charge in [-0.2, -0.15) is 0 Å². The van der Waals surface area contributed by atoms with E-state index in [1.807, 2.05) is 24.3 Å². The summed E-state index contributed by atoms with van der Waals surface area (Å²) in [5.41, 5.74) is 1.63. The van der Waals surface area contributed by atoms with Crippen LogP contribution in [0.1, 0.15) is 11.6 Å². The van der Waals surface area contributed by atoms with Gasteiger partial charge in [-0.05, 0) is 29.8 Å². The molecular formula is C14H10BrFN2O. The normalized spacial score (nSPS) is 17.4. The van der Waals surface area contributed by atoms with Gasteiger partial charge in [-0.3, -0.25) is 4.79 Å². The lowest BCUT2D eigenvalue weighted by Gasteiger charge is -2.27. The molecule has 2 N–H and O–H groups in total. The highest BCUT2D eigenvalue weighted by Gasteiger charge is 2.28. The van der Waals surface area contributed by atoms with Crippen LogP contribution in [0.3, 0.4) is 0 Å². The van der Waals surface area contributed by atoms with Crippen LogP contribution in [0.25, 0.3) is 0 Å². The third-order valence-electron chi connectivity index (χ3n) is 3.03. The molecule has 2 aromatic rings. The Kier molecular flexibility index (Phi) is 2.98. The van der Waals surface area contributed by atoms with Gasteiger partial charge in [-0.15, -0.1) is 0 Å². The van der Waals surface area contributed by atoms with Gasteiger partial charge in [-0.1, -0.05) is 34.1 Å². The summed E-state index contributed by atoms with van der Waals surface area (Å²) in [6.45, 7) is 0. The van der Waals surface area contributed by atoms with Crippen molar-refractivity contribution >= 4 is 33.2 Å². The largest absolute Gasteiger partial charge is 0.368 e. The van der Waals surface area contributed by atoms with Crippen LogP contribution in [-0.4, -0.2) is 5.91 Å². The predicted octanol–water partition coefficient (Wildman–Crippen LogP) is 3.69. The molecule has 0 spiro atoms. The van der Waals surface area contributed by atoms with Gasteiger partial charge >= 0.3 is 0 Å². The van der Waals surface area contributed by atoms with Crippen LogP contribution < -0.4 is 10.6 Å². The summed E-state index contributed by atoms with van der Waals surface area (Å²) in [5, 5.41) is 5.66. The topological polar surface area (TPSA) is 41.1 Å². The second kappa shape index (κ2) is 4.66. The Bertz CT molecular complexity index is 642. The summed E-state index contributed by atoms with van der Waals surface area (Å²) in [4.78, 5) is 12.0. The van der Waals surface area contributed by atoms with Gasteiger partial charge < -0.3 is 10.6 Å². The number of amides is 1. The number of hydrogen-bond donors (Lipinski definition) is 2. The molecule has 0 aromatic heterocycles. The number of carbonyl (C=O) groups is 1. The van der Waals surface area contributed by atoms with Crippen LogP contribution in [-0.2, 0) is 4.79 Å². The number of carbonyl (C=O) groups excluding carboxylic acids is 1. The van der Waals surface area contributed by atoms with Gasteiger partial charge in [-0.25, -0.2) is 4.39 Å². The van der Waals surface area contributed by atoms with Crippen LogP contribution in [0.4, 0.5) is 15.8 Å². The van der Waals surface area contributed by atoms with Crippen LogP contribution in [0.15, 0.2) is 46.9 Å². The van der Waals surface area contributed by atoms with Crippen molar-refractivity contribution in [3.63, 3.8) is 0 Å². The van der Waals surface area contributed by atoms with Gasteiger partial charge in [0.05, 0.1) is 5.69 Å². The minimum absolute atomic E-state index is 0.209. The smallest absolute Gasteiger partial charge is 0.251 e. The maximum Gasteiger partial charge on any atom is 0.251 e. The lowest BCUT2D eigenvalue weighted by molar-refractivity contribution is -0.117. The summed E-state index contributed by atoms with van der Waals surface area (Å²) in [6.07, 6.45) is 0. The van der Waals surface area contributed by atoms with Crippen molar-refractivity contribution in [2.45, 2.75) is 6.04 Å². The number of nitrogens with one attached hydrogen (secondary N) is 2. The molecule has 1 heterocycles. The summed E-state index contributed by atoms with van der Waals surface area (Å²) in [5.74, 6) is -0.701. The fraction of sp³-hybridized carbons (Fsp3) is 0.0714. The number of fused-ring (bicyclic) bond motifs is 1. The van der Waals surface area contributed by atoms with Crippen molar-refractivity contribution in [1.82, 2.24) is 0 Å². The van der Waals surface area contributed by atoms with Gasteiger partial charge in [0, 0.05) is 4.47 Å². The minimum atomic E-state index is -0.512. The number of anilines is 2. The van der Waals surface area contributed by atoms with E-state index in [1.165, 1.54) is 6.07 Å². The molecule has 96 valence electrons. The lowest BCUT2D eigenvalue weighted by Crippen LogP contribution is -2.32. The highest BCUT2D eigenvalue weighted by atomic mass is 79.9. The molecule has 0 radical (unpaired) electrons. The highest BCUT2D eigenvalue weighted by Crippen LogP contribution is 2.34. The van der Waals surface area contributed by atoms with Crippen molar-refractivity contribution in [3.05, 3.63) is 58.3 Å². The standard InChI is InChI=1S/C14H10BrFN2O/c15-9-6-4-8(5-7-9)12-14(19)18-13-10(16)2-1-3-11(13)17-12/h1-7,12,17H,(H,18,19). The summed E-state index contributed by atoms with van der Waals surface area (Å²) in [7, 11) is 0. The Balaban J connectivity index is 1.98. The summed E-state index contributed by atoms with van der Waals surface area (Å²) in [6, 6.07) is 11.6. The highest BCUT2D eigenvalue weighted by molar-refractivity contribution is 9.10. The molecule has 1 atom stereocenters. The molecule has 0 fully saturated rings. The molecule has 1 unspecified atom stereocenters. The van der Waals surface area contributed by atoms with E-state index in [2.05, 4.69) is 26.6 Å². The third-order valence-corrected chi connectivity index (χ3v) is 3.56. The van der Waals surface area contributed by atoms with E-state index in [9.17, 15) is 9.18 Å². The number of halogens is 2. The SMILES string of the molecule is O=C1Nc2c(F)cccc2NC1c1ccc(Br)cc1. The van der Waals surface area contributed by atoms with Gasteiger partial charge in [0.2, 0.25) is 0 Å². The van der Waals surface area contributed by atoms with Gasteiger partial charge in [0.1, 0.15) is 17.5 Å². The fourth-order valence-electron chi connectivity index (χ4n) is 2.08. The van der Waals surface area contributed by atoms with Crippen LogP contribution >= 0.6 is 15.9 Å². The molecule has 0 aliphatic carbocycles. The molecule has 0 saturated carbocycles. The van der Waals surface area contributed by atoms with Crippen LogP contribution in [0.5, 0.6) is 0 Å². The van der Waals surface area contributed by atoms with Crippen molar-refractivity contribution in [2.24, 2.45) is 0 Å². The summed E-state index contributed by atoms with van der Waals surface area (Å²) < 4.78 is 14.5.